The van der Waals surface area contributed by atoms with Gasteiger partial charge in [-0.1, -0.05) is 219 Å². The third-order valence-corrected chi connectivity index (χ3v) is 21.3. The number of rotatable bonds is 6. The molecule has 5 aliphatic rings. The Morgan fingerprint density at radius 1 is 0.521 bits per heavy atom. The zero-order valence-corrected chi connectivity index (χ0v) is 55.4. The summed E-state index contributed by atoms with van der Waals surface area (Å²) in [4.78, 5) is 5.02. The first-order chi connectivity index (χ1) is 52.5. The van der Waals surface area contributed by atoms with Crippen molar-refractivity contribution in [3.63, 3.8) is 0 Å². The normalized spacial score (nSPS) is 23.0. The van der Waals surface area contributed by atoms with E-state index in [1.165, 1.54) is 11.1 Å². The van der Waals surface area contributed by atoms with Crippen molar-refractivity contribution in [3.05, 3.63) is 227 Å². The molecule has 0 unspecified atom stereocenters. The molecule has 4 aliphatic carbocycles. The van der Waals surface area contributed by atoms with Gasteiger partial charge in [-0.15, -0.1) is 0 Å². The van der Waals surface area contributed by atoms with E-state index in [1.54, 1.807) is 16.7 Å². The van der Waals surface area contributed by atoms with Crippen LogP contribution >= 0.6 is 0 Å². The third-order valence-electron chi connectivity index (χ3n) is 21.3. The fourth-order valence-corrected chi connectivity index (χ4v) is 15.7. The van der Waals surface area contributed by atoms with Gasteiger partial charge in [0.05, 0.1) is 37.6 Å². The summed E-state index contributed by atoms with van der Waals surface area (Å²) in [5.74, 6) is 1.70. The maximum Gasteiger partial charge on any atom is 0.269 e. The average Bonchev–Trinajstić information content (AvgIpc) is 1.12. The lowest BCUT2D eigenvalue weighted by molar-refractivity contribution is -0.571. The summed E-state index contributed by atoms with van der Waals surface area (Å²) in [6.45, 7) is 7.57. The minimum absolute atomic E-state index is 0.139. The summed E-state index contributed by atoms with van der Waals surface area (Å²) in [5.41, 5.74) is 1.09. The van der Waals surface area contributed by atoms with Crippen LogP contribution in [-0.4, -0.2) is 15.3 Å². The van der Waals surface area contributed by atoms with Crippen LogP contribution in [0.2, 0.25) is 0 Å². The Bertz CT molecular complexity index is 5970. The molecule has 3 heterocycles. The Kier molecular flexibility index (Phi) is 9.43. The van der Waals surface area contributed by atoms with Gasteiger partial charge in [0.25, 0.3) is 6.33 Å². The third kappa shape index (κ3) is 9.50. The minimum atomic E-state index is -4.56. The van der Waals surface area contributed by atoms with Crippen molar-refractivity contribution in [2.75, 3.05) is 0 Å². The topological polar surface area (TPSA) is 35.3 Å². The average molecular weight is 1250 g/mol. The summed E-state index contributed by atoms with van der Waals surface area (Å²) in [7, 11) is 0. The molecule has 0 bridgehead atoms. The SMILES string of the molecule is [2H]c1c([2H])c2c(c([2H])c1-c1ccc3c(c1-[n+]1[c-]n(-c4cccc(Oc5ccc6c7ccccc7n(C7=CC(C(C)(C)C)=CCC=N7)c6c5)c4)c4ccccc41)-c1cc4c(cc1-c1cc5c(cc1-c1ccccc1-3)C(C)(C)CCC5(C)C)C(C)(C)CCC4(C)C)C(C([2H])([2H])[2H])(C([2H])([2H])[2H])C([2H])([2H])C([2H])([2H])C2(C([2H])([2H])[2H])C([2H])([2H])[2H]. The van der Waals surface area contributed by atoms with Crippen LogP contribution < -0.4 is 9.30 Å². The zero-order valence-electron chi connectivity index (χ0n) is 74.4. The summed E-state index contributed by atoms with van der Waals surface area (Å²) in [6.07, 6.45) is 5.08. The van der Waals surface area contributed by atoms with Crippen molar-refractivity contribution in [1.82, 2.24) is 9.13 Å². The van der Waals surface area contributed by atoms with Crippen LogP contribution in [0.3, 0.4) is 0 Å². The molecule has 1 aliphatic heterocycles. The van der Waals surface area contributed by atoms with Crippen molar-refractivity contribution in [2.45, 2.75) is 181 Å². The fraction of sp³-hybridized carbons (Fsp3) is 0.326. The van der Waals surface area contributed by atoms with Crippen molar-refractivity contribution in [3.8, 4) is 78.5 Å². The van der Waals surface area contributed by atoms with Crippen LogP contribution in [0.5, 0.6) is 11.5 Å². The number of ether oxygens (including phenoxy) is 1. The highest BCUT2D eigenvalue weighted by molar-refractivity contribution is 6.11. The molecule has 11 aromatic rings. The number of fused-ring (bicyclic) bond motifs is 15. The minimum Gasteiger partial charge on any atom is -0.458 e. The summed E-state index contributed by atoms with van der Waals surface area (Å²) in [5, 5.41) is 2.03. The van der Waals surface area contributed by atoms with Gasteiger partial charge in [-0.25, -0.2) is 4.99 Å². The van der Waals surface area contributed by atoms with Crippen LogP contribution in [0.1, 0.15) is 208 Å². The number of para-hydroxylation sites is 3. The molecule has 2 aromatic heterocycles. The van der Waals surface area contributed by atoms with Gasteiger partial charge in [0.1, 0.15) is 17.3 Å². The number of aromatic nitrogens is 3. The van der Waals surface area contributed by atoms with Crippen LogP contribution in [0, 0.1) is 11.7 Å². The molecule has 9 aromatic carbocycles. The predicted octanol–water partition coefficient (Wildman–Crippen LogP) is 23.5. The van der Waals surface area contributed by atoms with E-state index in [4.69, 9.17) is 18.0 Å². The summed E-state index contributed by atoms with van der Waals surface area (Å²) < 4.78 is 195. The number of hydrogen-bond donors (Lipinski definition) is 0. The van der Waals surface area contributed by atoms with Gasteiger partial charge >= 0.3 is 0 Å². The predicted molar refractivity (Wildman–Crippen MR) is 395 cm³/mol. The Morgan fingerprint density at radius 3 is 1.76 bits per heavy atom. The second-order valence-electron chi connectivity index (χ2n) is 30.5. The quantitative estimate of drug-likeness (QED) is 0.121. The first-order valence-electron chi connectivity index (χ1n) is 42.5. The second kappa shape index (κ2) is 20.8. The van der Waals surface area contributed by atoms with Gasteiger partial charge in [0.2, 0.25) is 0 Å². The molecule has 5 nitrogen and oxygen atoms in total. The van der Waals surface area contributed by atoms with Gasteiger partial charge in [0.15, 0.2) is 0 Å². The number of benzene rings is 9. The highest BCUT2D eigenvalue weighted by atomic mass is 16.5. The van der Waals surface area contributed by atoms with Crippen LogP contribution in [0.4, 0.5) is 0 Å². The zero-order chi connectivity index (χ0) is 81.6. The van der Waals surface area contributed by atoms with Crippen molar-refractivity contribution in [1.29, 1.82) is 0 Å². The van der Waals surface area contributed by atoms with E-state index >= 15 is 0 Å². The monoisotopic (exact) mass is 1250 g/mol. The standard InChI is InChI=1S/C89H90N4O/c1-83(2,3)56-24-23-45-90-80(47-56)93-76-30-19-18-29-63(76)64-35-34-59(49-79(64)93)94-58-26-22-25-57(48-58)91-54-92(78-32-21-20-31-77(78)91)82-60(55-33-38-70-71(46-55)85(6,7)40-39-84(70,4)5)36-37-65-61-27-16-17-28-62(61)66-50-72-73(87(10,11)42-41-86(72,8)9)51-67(66)68-52-74-75(53-69(68)81(65)82)89(14,15)44-43-88(74,12)13/h16-22,24-38,45-53H,23,39-44H2,1-15H3/i4D3,5D3,6D3,7D3,33D,38D,39D2,40D2,46D. The molecule has 0 N–H and O–H groups in total. The molecule has 5 heteroatoms. The Morgan fingerprint density at radius 2 is 1.09 bits per heavy atom. The molecule has 94 heavy (non-hydrogen) atoms. The van der Waals surface area contributed by atoms with Gasteiger partial charge in [0, 0.05) is 57.0 Å². The lowest BCUT2D eigenvalue weighted by Crippen LogP contribution is -2.35. The number of imidazole rings is 1. The summed E-state index contributed by atoms with van der Waals surface area (Å²) in [6, 6.07) is 46.0. The van der Waals surface area contributed by atoms with E-state index in [9.17, 15) is 17.8 Å². The Balaban J connectivity index is 1.04. The van der Waals surface area contributed by atoms with Gasteiger partial charge in [-0.2, -0.15) is 0 Å². The lowest BCUT2D eigenvalue weighted by Gasteiger charge is -2.44. The molecular formula is C89H90N4O. The number of nitrogens with zero attached hydrogens (tertiary/aromatic N) is 4. The molecule has 0 atom stereocenters. The van der Waals surface area contributed by atoms with E-state index in [0.717, 1.165) is 97.8 Å². The fourth-order valence-electron chi connectivity index (χ4n) is 15.7. The van der Waals surface area contributed by atoms with E-state index in [-0.39, 0.29) is 32.9 Å². The first-order valence-corrected chi connectivity index (χ1v) is 33.0. The second-order valence-corrected chi connectivity index (χ2v) is 30.5. The Labute approximate surface area is 584 Å². The van der Waals surface area contributed by atoms with E-state index in [0.29, 0.717) is 51.3 Å². The highest BCUT2D eigenvalue weighted by Gasteiger charge is 2.43. The van der Waals surface area contributed by atoms with Crippen LogP contribution in [-0.2, 0) is 32.5 Å². The number of aliphatic imine (C=N–C) groups is 1. The van der Waals surface area contributed by atoms with Crippen molar-refractivity contribution in [2.24, 2.45) is 10.4 Å². The van der Waals surface area contributed by atoms with Crippen molar-refractivity contribution >= 4 is 44.9 Å². The van der Waals surface area contributed by atoms with Gasteiger partial charge in [-0.3, -0.25) is 13.7 Å². The highest BCUT2D eigenvalue weighted by Crippen LogP contribution is 2.58. The van der Waals surface area contributed by atoms with Crippen molar-refractivity contribution < 1.29 is 35.3 Å². The van der Waals surface area contributed by atoms with Crippen LogP contribution in [0.25, 0.3) is 106 Å². The summed E-state index contributed by atoms with van der Waals surface area (Å²) >= 11 is 0. The van der Waals surface area contributed by atoms with E-state index < -0.39 is 91.2 Å². The molecule has 472 valence electrons. The largest absolute Gasteiger partial charge is 0.458 e. The molecular weight excluding hydrogens is 1140 g/mol. The van der Waals surface area contributed by atoms with Crippen LogP contribution in [0.15, 0.2) is 193 Å². The molecule has 0 spiro atoms. The first kappa shape index (κ1) is 42.5. The Hall–Kier alpha value is -8.80. The molecule has 16 rings (SSSR count). The van der Waals surface area contributed by atoms with Gasteiger partial charge in [-0.05, 0) is 226 Å². The van der Waals surface area contributed by atoms with Gasteiger partial charge < -0.3 is 4.74 Å². The van der Waals surface area contributed by atoms with E-state index in [1.807, 2.05) is 108 Å². The molecule has 0 radical (unpaired) electrons. The molecule has 0 fully saturated rings. The smallest absolute Gasteiger partial charge is 0.269 e. The maximum absolute atomic E-state index is 10.9. The maximum atomic E-state index is 10.9. The number of allylic oxidation sites excluding steroid dienone is 3. The number of hydrogen-bond acceptors (Lipinski definition) is 2. The lowest BCUT2D eigenvalue weighted by atomic mass is 9.60. The molecule has 0 saturated carbocycles. The molecule has 0 saturated heterocycles. The molecule has 0 amide bonds. The van der Waals surface area contributed by atoms with E-state index in [2.05, 4.69) is 142 Å².